The molecule has 1 atom stereocenters. The highest BCUT2D eigenvalue weighted by Crippen LogP contribution is 2.25. The van der Waals surface area contributed by atoms with Crippen LogP contribution in [0, 0.1) is 20.8 Å². The van der Waals surface area contributed by atoms with E-state index in [-0.39, 0.29) is 24.4 Å². The lowest BCUT2D eigenvalue weighted by molar-refractivity contribution is -0.120. The van der Waals surface area contributed by atoms with Gasteiger partial charge in [0.25, 0.3) is 5.91 Å². The average Bonchev–Trinajstić information content (AvgIpc) is 2.84. The zero-order chi connectivity index (χ0) is 17.0. The highest BCUT2D eigenvalue weighted by Gasteiger charge is 2.15. The van der Waals surface area contributed by atoms with E-state index < -0.39 is 0 Å². The van der Waals surface area contributed by atoms with Crippen LogP contribution in [0.15, 0.2) is 30.3 Å². The van der Waals surface area contributed by atoms with Crippen LogP contribution in [-0.2, 0) is 4.79 Å². The SMILES string of the molecule is Cc1cc([C@H](C)NC(=O)CNC(=O)c2ccccc2C)c(C)s1. The maximum absolute atomic E-state index is 12.1. The first-order valence-corrected chi connectivity index (χ1v) is 8.40. The van der Waals surface area contributed by atoms with Gasteiger partial charge in [-0.05, 0) is 51.0 Å². The Kier molecular flexibility index (Phi) is 5.55. The van der Waals surface area contributed by atoms with Gasteiger partial charge in [0.2, 0.25) is 5.91 Å². The van der Waals surface area contributed by atoms with Crippen LogP contribution >= 0.6 is 11.3 Å². The van der Waals surface area contributed by atoms with Crippen molar-refractivity contribution < 1.29 is 9.59 Å². The molecule has 0 unspecified atom stereocenters. The predicted molar refractivity (Wildman–Crippen MR) is 93.9 cm³/mol. The smallest absolute Gasteiger partial charge is 0.251 e. The number of hydrogen-bond acceptors (Lipinski definition) is 3. The molecular formula is C18H22N2O2S. The third-order valence-corrected chi connectivity index (χ3v) is 4.70. The summed E-state index contributed by atoms with van der Waals surface area (Å²) in [5.74, 6) is -0.420. The second kappa shape index (κ2) is 7.42. The summed E-state index contributed by atoms with van der Waals surface area (Å²) in [5, 5.41) is 5.59. The van der Waals surface area contributed by atoms with Crippen molar-refractivity contribution in [2.75, 3.05) is 6.54 Å². The van der Waals surface area contributed by atoms with Gasteiger partial charge < -0.3 is 10.6 Å². The molecule has 0 radical (unpaired) electrons. The molecule has 122 valence electrons. The fourth-order valence-electron chi connectivity index (χ4n) is 2.53. The highest BCUT2D eigenvalue weighted by molar-refractivity contribution is 7.12. The lowest BCUT2D eigenvalue weighted by atomic mass is 10.1. The molecule has 0 fully saturated rings. The Hall–Kier alpha value is -2.14. The van der Waals surface area contributed by atoms with Crippen molar-refractivity contribution in [1.29, 1.82) is 0 Å². The quantitative estimate of drug-likeness (QED) is 0.884. The lowest BCUT2D eigenvalue weighted by Crippen LogP contribution is -2.38. The summed E-state index contributed by atoms with van der Waals surface area (Å²) >= 11 is 1.72. The molecule has 1 heterocycles. The third-order valence-electron chi connectivity index (χ3n) is 3.72. The fraction of sp³-hybridized carbons (Fsp3) is 0.333. The van der Waals surface area contributed by atoms with Crippen molar-refractivity contribution in [2.45, 2.75) is 33.7 Å². The molecule has 23 heavy (non-hydrogen) atoms. The number of hydrogen-bond donors (Lipinski definition) is 2. The number of amides is 2. The van der Waals surface area contributed by atoms with Gasteiger partial charge in [-0.25, -0.2) is 0 Å². The van der Waals surface area contributed by atoms with Crippen LogP contribution in [0.5, 0.6) is 0 Å². The van der Waals surface area contributed by atoms with Crippen molar-refractivity contribution in [1.82, 2.24) is 10.6 Å². The molecule has 2 amide bonds. The van der Waals surface area contributed by atoms with E-state index in [9.17, 15) is 9.59 Å². The van der Waals surface area contributed by atoms with E-state index >= 15 is 0 Å². The van der Waals surface area contributed by atoms with E-state index in [1.54, 1.807) is 17.4 Å². The lowest BCUT2D eigenvalue weighted by Gasteiger charge is -2.14. The van der Waals surface area contributed by atoms with Gasteiger partial charge in [-0.3, -0.25) is 9.59 Å². The maximum atomic E-state index is 12.1. The Bertz CT molecular complexity index is 722. The first-order chi connectivity index (χ1) is 10.9. The molecule has 0 aliphatic carbocycles. The normalized spacial score (nSPS) is 11.8. The van der Waals surface area contributed by atoms with Crippen LogP contribution in [0.1, 0.15) is 44.2 Å². The van der Waals surface area contributed by atoms with E-state index in [1.807, 2.05) is 32.0 Å². The van der Waals surface area contributed by atoms with E-state index in [0.29, 0.717) is 5.56 Å². The third kappa shape index (κ3) is 4.42. The molecule has 2 rings (SSSR count). The van der Waals surface area contributed by atoms with Crippen molar-refractivity contribution >= 4 is 23.2 Å². The van der Waals surface area contributed by atoms with Gasteiger partial charge in [-0.2, -0.15) is 0 Å². The Morgan fingerprint density at radius 2 is 1.87 bits per heavy atom. The number of carbonyl (C=O) groups excluding carboxylic acids is 2. The first kappa shape index (κ1) is 17.2. The molecule has 0 aliphatic heterocycles. The topological polar surface area (TPSA) is 58.2 Å². The van der Waals surface area contributed by atoms with Crippen LogP contribution in [0.2, 0.25) is 0 Å². The zero-order valence-electron chi connectivity index (χ0n) is 13.9. The molecule has 0 saturated carbocycles. The number of carbonyl (C=O) groups is 2. The Morgan fingerprint density at radius 3 is 2.48 bits per heavy atom. The minimum absolute atomic E-state index is 0.0281. The van der Waals surface area contributed by atoms with Gasteiger partial charge in [0.1, 0.15) is 0 Å². The van der Waals surface area contributed by atoms with Crippen LogP contribution in [0.25, 0.3) is 0 Å². The fourth-order valence-corrected chi connectivity index (χ4v) is 3.56. The molecule has 0 bridgehead atoms. The van der Waals surface area contributed by atoms with Crippen LogP contribution in [0.3, 0.4) is 0 Å². The summed E-state index contributed by atoms with van der Waals surface area (Å²) in [6.45, 7) is 7.90. The van der Waals surface area contributed by atoms with Gasteiger partial charge in [0.05, 0.1) is 12.6 Å². The molecule has 1 aromatic heterocycles. The number of thiophene rings is 1. The molecule has 2 aromatic rings. The number of rotatable bonds is 5. The van der Waals surface area contributed by atoms with Crippen molar-refractivity contribution in [2.24, 2.45) is 0 Å². The summed E-state index contributed by atoms with van der Waals surface area (Å²) in [6, 6.07) is 9.35. The summed E-state index contributed by atoms with van der Waals surface area (Å²) in [5.41, 5.74) is 2.62. The number of nitrogens with one attached hydrogen (secondary N) is 2. The van der Waals surface area contributed by atoms with E-state index in [4.69, 9.17) is 0 Å². The minimum Gasteiger partial charge on any atom is -0.348 e. The van der Waals surface area contributed by atoms with Crippen molar-refractivity contribution in [3.63, 3.8) is 0 Å². The highest BCUT2D eigenvalue weighted by atomic mass is 32.1. The number of benzene rings is 1. The minimum atomic E-state index is -0.228. The number of aryl methyl sites for hydroxylation is 3. The molecule has 1 aromatic carbocycles. The summed E-state index contributed by atoms with van der Waals surface area (Å²) in [6.07, 6.45) is 0. The predicted octanol–water partition coefficient (Wildman–Crippen LogP) is 3.28. The Balaban J connectivity index is 1.89. The second-order valence-electron chi connectivity index (χ2n) is 5.66. The van der Waals surface area contributed by atoms with Crippen LogP contribution < -0.4 is 10.6 Å². The van der Waals surface area contributed by atoms with Gasteiger partial charge in [0, 0.05) is 15.3 Å². The molecule has 0 aliphatic rings. The largest absolute Gasteiger partial charge is 0.348 e. The molecule has 0 saturated heterocycles. The van der Waals surface area contributed by atoms with Crippen molar-refractivity contribution in [3.8, 4) is 0 Å². The Labute approximate surface area is 140 Å². The standard InChI is InChI=1S/C18H22N2O2S/c1-11-7-5-6-8-15(11)18(22)19-10-17(21)20-13(3)16-9-12(2)23-14(16)4/h5-9,13H,10H2,1-4H3,(H,19,22)(H,20,21)/t13-/m0/s1. The van der Waals surface area contributed by atoms with E-state index in [2.05, 4.69) is 30.5 Å². The van der Waals surface area contributed by atoms with E-state index in [1.165, 1.54) is 9.75 Å². The molecule has 5 heteroatoms. The van der Waals surface area contributed by atoms with Crippen LogP contribution in [-0.4, -0.2) is 18.4 Å². The van der Waals surface area contributed by atoms with Crippen LogP contribution in [0.4, 0.5) is 0 Å². The van der Waals surface area contributed by atoms with Gasteiger partial charge in [-0.1, -0.05) is 18.2 Å². The second-order valence-corrected chi connectivity index (χ2v) is 7.12. The van der Waals surface area contributed by atoms with E-state index in [0.717, 1.165) is 11.1 Å². The van der Waals surface area contributed by atoms with Crippen molar-refractivity contribution in [3.05, 3.63) is 56.8 Å². The Morgan fingerprint density at radius 1 is 1.17 bits per heavy atom. The average molecular weight is 330 g/mol. The zero-order valence-corrected chi connectivity index (χ0v) is 14.7. The van der Waals surface area contributed by atoms with Gasteiger partial charge in [-0.15, -0.1) is 11.3 Å². The molecule has 2 N–H and O–H groups in total. The molecule has 4 nitrogen and oxygen atoms in total. The summed E-state index contributed by atoms with van der Waals surface area (Å²) in [4.78, 5) is 26.6. The molecule has 0 spiro atoms. The first-order valence-electron chi connectivity index (χ1n) is 7.58. The monoisotopic (exact) mass is 330 g/mol. The summed E-state index contributed by atoms with van der Waals surface area (Å²) < 4.78 is 0. The molecular weight excluding hydrogens is 308 g/mol. The summed E-state index contributed by atoms with van der Waals surface area (Å²) in [7, 11) is 0. The maximum Gasteiger partial charge on any atom is 0.251 e. The van der Waals surface area contributed by atoms with Gasteiger partial charge >= 0.3 is 0 Å². The van der Waals surface area contributed by atoms with Gasteiger partial charge in [0.15, 0.2) is 0 Å².